The summed E-state index contributed by atoms with van der Waals surface area (Å²) in [5.41, 5.74) is 0. The molecule has 0 aliphatic carbocycles. The molecule has 2 unspecified atom stereocenters. The summed E-state index contributed by atoms with van der Waals surface area (Å²) in [5.74, 6) is 0.893. The summed E-state index contributed by atoms with van der Waals surface area (Å²) in [4.78, 5) is 0. The van der Waals surface area contributed by atoms with Gasteiger partial charge in [-0.15, -0.1) is 0 Å². The van der Waals surface area contributed by atoms with Crippen LogP contribution >= 0.6 is 0 Å². The zero-order valence-corrected chi connectivity index (χ0v) is 10.8. The molecule has 0 radical (unpaired) electrons. The van der Waals surface area contributed by atoms with Crippen LogP contribution in [0.1, 0.15) is 64.7 Å². The SMILES string of the molecule is CCC(CCCCCCCCO)CC1CO1. The third-order valence-corrected chi connectivity index (χ3v) is 3.60. The Bertz CT molecular complexity index is 155. The Morgan fingerprint density at radius 1 is 1.12 bits per heavy atom. The van der Waals surface area contributed by atoms with E-state index >= 15 is 0 Å². The van der Waals surface area contributed by atoms with E-state index in [0.717, 1.165) is 18.9 Å². The van der Waals surface area contributed by atoms with E-state index < -0.39 is 0 Å². The standard InChI is InChI=1S/C14H28O2/c1-2-13(11-14-12-16-14)9-7-5-3-4-6-8-10-15/h13-15H,2-12H2,1H3. The molecule has 0 bridgehead atoms. The maximum atomic E-state index is 8.65. The highest BCUT2D eigenvalue weighted by Crippen LogP contribution is 2.25. The first kappa shape index (κ1) is 14.0. The Labute approximate surface area is 100 Å². The highest BCUT2D eigenvalue weighted by atomic mass is 16.6. The van der Waals surface area contributed by atoms with Crippen LogP contribution in [0, 0.1) is 5.92 Å². The van der Waals surface area contributed by atoms with Crippen LogP contribution in [0.2, 0.25) is 0 Å². The fourth-order valence-corrected chi connectivity index (χ4v) is 2.32. The molecule has 16 heavy (non-hydrogen) atoms. The summed E-state index contributed by atoms with van der Waals surface area (Å²) in [6.45, 7) is 3.67. The number of hydrogen-bond donors (Lipinski definition) is 1. The molecular weight excluding hydrogens is 200 g/mol. The first-order chi connectivity index (χ1) is 7.86. The lowest BCUT2D eigenvalue weighted by atomic mass is 9.93. The molecule has 1 N–H and O–H groups in total. The van der Waals surface area contributed by atoms with Gasteiger partial charge in [-0.05, 0) is 18.8 Å². The van der Waals surface area contributed by atoms with Gasteiger partial charge in [0, 0.05) is 6.61 Å². The average molecular weight is 228 g/mol. The average Bonchev–Trinajstić information content (AvgIpc) is 3.10. The topological polar surface area (TPSA) is 32.8 Å². The molecular formula is C14H28O2. The fourth-order valence-electron chi connectivity index (χ4n) is 2.32. The van der Waals surface area contributed by atoms with Gasteiger partial charge in [0.2, 0.25) is 0 Å². The van der Waals surface area contributed by atoms with Gasteiger partial charge in [-0.25, -0.2) is 0 Å². The molecule has 0 aromatic rings. The van der Waals surface area contributed by atoms with Crippen molar-refractivity contribution in [3.8, 4) is 0 Å². The van der Waals surface area contributed by atoms with Gasteiger partial charge in [0.1, 0.15) is 0 Å². The van der Waals surface area contributed by atoms with Gasteiger partial charge in [0.25, 0.3) is 0 Å². The van der Waals surface area contributed by atoms with Crippen molar-refractivity contribution in [3.05, 3.63) is 0 Å². The first-order valence-electron chi connectivity index (χ1n) is 7.09. The lowest BCUT2D eigenvalue weighted by molar-refractivity contribution is 0.282. The molecule has 1 rings (SSSR count). The van der Waals surface area contributed by atoms with Gasteiger partial charge in [-0.3, -0.25) is 0 Å². The first-order valence-corrected chi connectivity index (χ1v) is 7.09. The quantitative estimate of drug-likeness (QED) is 0.433. The zero-order valence-electron chi connectivity index (χ0n) is 10.8. The number of unbranched alkanes of at least 4 members (excludes halogenated alkanes) is 5. The largest absolute Gasteiger partial charge is 0.396 e. The summed E-state index contributed by atoms with van der Waals surface area (Å²) >= 11 is 0. The molecule has 1 heterocycles. The van der Waals surface area contributed by atoms with Crippen LogP contribution in [-0.2, 0) is 4.74 Å². The predicted molar refractivity (Wildman–Crippen MR) is 67.5 cm³/mol. The van der Waals surface area contributed by atoms with Gasteiger partial charge < -0.3 is 9.84 Å². The summed E-state index contributed by atoms with van der Waals surface area (Å²) < 4.78 is 5.29. The number of rotatable bonds is 11. The highest BCUT2D eigenvalue weighted by molar-refractivity contribution is 4.73. The van der Waals surface area contributed by atoms with Crippen molar-refractivity contribution < 1.29 is 9.84 Å². The van der Waals surface area contributed by atoms with Crippen LogP contribution in [0.25, 0.3) is 0 Å². The van der Waals surface area contributed by atoms with E-state index in [-0.39, 0.29) is 0 Å². The monoisotopic (exact) mass is 228 g/mol. The van der Waals surface area contributed by atoms with Gasteiger partial charge in [-0.1, -0.05) is 51.9 Å². The zero-order chi connectivity index (χ0) is 11.6. The van der Waals surface area contributed by atoms with E-state index in [0.29, 0.717) is 12.7 Å². The molecule has 2 heteroatoms. The summed E-state index contributed by atoms with van der Waals surface area (Å²) in [5, 5.41) is 8.65. The predicted octanol–water partition coefficient (Wildman–Crippen LogP) is 3.52. The molecule has 1 saturated heterocycles. The minimum atomic E-state index is 0.360. The molecule has 0 aromatic heterocycles. The maximum absolute atomic E-state index is 8.65. The smallest absolute Gasteiger partial charge is 0.0812 e. The summed E-state index contributed by atoms with van der Waals surface area (Å²) in [6, 6.07) is 0. The van der Waals surface area contributed by atoms with Crippen LogP contribution in [0.15, 0.2) is 0 Å². The molecule has 2 atom stereocenters. The second kappa shape index (κ2) is 9.00. The number of aliphatic hydroxyl groups excluding tert-OH is 1. The van der Waals surface area contributed by atoms with Crippen LogP contribution < -0.4 is 0 Å². The molecule has 0 spiro atoms. The van der Waals surface area contributed by atoms with Crippen molar-refractivity contribution >= 4 is 0 Å². The lowest BCUT2D eigenvalue weighted by Crippen LogP contribution is -2.03. The summed E-state index contributed by atoms with van der Waals surface area (Å²) in [6.07, 6.45) is 12.2. The van der Waals surface area contributed by atoms with Gasteiger partial charge >= 0.3 is 0 Å². The van der Waals surface area contributed by atoms with Crippen molar-refractivity contribution in [2.45, 2.75) is 70.8 Å². The molecule has 1 fully saturated rings. The van der Waals surface area contributed by atoms with Gasteiger partial charge in [0.05, 0.1) is 12.7 Å². The van der Waals surface area contributed by atoms with E-state index in [9.17, 15) is 0 Å². The lowest BCUT2D eigenvalue weighted by Gasteiger charge is -2.12. The Morgan fingerprint density at radius 2 is 1.75 bits per heavy atom. The Hall–Kier alpha value is -0.0800. The van der Waals surface area contributed by atoms with E-state index in [1.54, 1.807) is 0 Å². The Morgan fingerprint density at radius 3 is 2.31 bits per heavy atom. The molecule has 0 aromatic carbocycles. The van der Waals surface area contributed by atoms with Crippen molar-refractivity contribution in [2.24, 2.45) is 5.92 Å². The molecule has 0 amide bonds. The Kier molecular flexibility index (Phi) is 7.87. The van der Waals surface area contributed by atoms with Crippen molar-refractivity contribution in [1.82, 2.24) is 0 Å². The van der Waals surface area contributed by atoms with E-state index in [1.807, 2.05) is 0 Å². The van der Waals surface area contributed by atoms with Crippen LogP contribution in [0.5, 0.6) is 0 Å². The number of aliphatic hydroxyl groups is 1. The number of epoxide rings is 1. The number of hydrogen-bond acceptors (Lipinski definition) is 2. The minimum Gasteiger partial charge on any atom is -0.396 e. The second-order valence-corrected chi connectivity index (χ2v) is 5.10. The van der Waals surface area contributed by atoms with E-state index in [1.165, 1.54) is 51.4 Å². The van der Waals surface area contributed by atoms with Crippen LogP contribution in [-0.4, -0.2) is 24.4 Å². The van der Waals surface area contributed by atoms with Crippen molar-refractivity contribution in [2.75, 3.05) is 13.2 Å². The van der Waals surface area contributed by atoms with Crippen molar-refractivity contribution in [1.29, 1.82) is 0 Å². The molecule has 1 aliphatic heterocycles. The molecule has 0 saturated carbocycles. The minimum absolute atomic E-state index is 0.360. The van der Waals surface area contributed by atoms with E-state index in [4.69, 9.17) is 9.84 Å². The summed E-state index contributed by atoms with van der Waals surface area (Å²) in [7, 11) is 0. The molecule has 96 valence electrons. The third kappa shape index (κ3) is 7.24. The van der Waals surface area contributed by atoms with Crippen LogP contribution in [0.4, 0.5) is 0 Å². The normalized spacial score (nSPS) is 21.0. The second-order valence-electron chi connectivity index (χ2n) is 5.10. The Balaban J connectivity index is 1.84. The van der Waals surface area contributed by atoms with Crippen LogP contribution in [0.3, 0.4) is 0 Å². The third-order valence-electron chi connectivity index (χ3n) is 3.60. The maximum Gasteiger partial charge on any atom is 0.0812 e. The fraction of sp³-hybridized carbons (Fsp3) is 1.00. The van der Waals surface area contributed by atoms with Crippen molar-refractivity contribution in [3.63, 3.8) is 0 Å². The number of ether oxygens (including phenoxy) is 1. The highest BCUT2D eigenvalue weighted by Gasteiger charge is 2.25. The van der Waals surface area contributed by atoms with Gasteiger partial charge in [0.15, 0.2) is 0 Å². The van der Waals surface area contributed by atoms with Gasteiger partial charge in [-0.2, -0.15) is 0 Å². The van der Waals surface area contributed by atoms with E-state index in [2.05, 4.69) is 6.92 Å². The molecule has 2 nitrogen and oxygen atoms in total. The molecule has 1 aliphatic rings.